The van der Waals surface area contributed by atoms with Crippen molar-refractivity contribution >= 4 is 5.91 Å². The first-order chi connectivity index (χ1) is 11.5. The van der Waals surface area contributed by atoms with E-state index < -0.39 is 0 Å². The van der Waals surface area contributed by atoms with E-state index in [2.05, 4.69) is 29.4 Å². The zero-order valence-corrected chi connectivity index (χ0v) is 15.3. The van der Waals surface area contributed by atoms with Crippen molar-refractivity contribution in [1.29, 1.82) is 0 Å². The number of hydrogen-bond acceptors (Lipinski definition) is 3. The third-order valence-corrected chi connectivity index (χ3v) is 5.54. The molecule has 1 aliphatic carbocycles. The van der Waals surface area contributed by atoms with Crippen molar-refractivity contribution in [3.05, 3.63) is 23.0 Å². The van der Waals surface area contributed by atoms with E-state index >= 15 is 0 Å². The van der Waals surface area contributed by atoms with Crippen LogP contribution in [0.2, 0.25) is 0 Å². The highest BCUT2D eigenvalue weighted by molar-refractivity contribution is 5.95. The van der Waals surface area contributed by atoms with Crippen LogP contribution in [-0.4, -0.2) is 64.2 Å². The molecule has 5 heteroatoms. The molecule has 1 aliphatic heterocycles. The van der Waals surface area contributed by atoms with Crippen molar-refractivity contribution in [2.75, 3.05) is 32.7 Å². The Hall–Kier alpha value is -1.33. The number of aliphatic hydroxyl groups is 1. The van der Waals surface area contributed by atoms with Crippen LogP contribution in [0.25, 0.3) is 0 Å². The molecule has 1 saturated carbocycles. The summed E-state index contributed by atoms with van der Waals surface area (Å²) in [5.74, 6) is 0.979. The first-order valence-corrected chi connectivity index (χ1v) is 9.36. The summed E-state index contributed by atoms with van der Waals surface area (Å²) in [7, 11) is 0. The average Bonchev–Trinajstić information content (AvgIpc) is 3.36. The number of aliphatic hydroxyl groups excluding tert-OH is 1. The van der Waals surface area contributed by atoms with Crippen molar-refractivity contribution in [2.24, 2.45) is 5.92 Å². The number of β-amino-alcohol motifs (C(OH)–C–C–N with tert-alkyl or cyclic N) is 1. The number of carbonyl (C=O) groups is 1. The van der Waals surface area contributed by atoms with Gasteiger partial charge in [-0.2, -0.15) is 0 Å². The van der Waals surface area contributed by atoms with Gasteiger partial charge in [-0.05, 0) is 45.1 Å². The maximum Gasteiger partial charge on any atom is 0.255 e. The number of nitrogens with zero attached hydrogens (tertiary/aromatic N) is 3. The normalized spacial score (nSPS) is 20.4. The molecule has 1 saturated heterocycles. The van der Waals surface area contributed by atoms with Gasteiger partial charge in [-0.1, -0.05) is 6.92 Å². The first-order valence-electron chi connectivity index (χ1n) is 9.36. The zero-order chi connectivity index (χ0) is 17.3. The van der Waals surface area contributed by atoms with Crippen LogP contribution in [0.5, 0.6) is 0 Å². The molecule has 0 aromatic carbocycles. The lowest BCUT2D eigenvalue weighted by Crippen LogP contribution is -2.50. The lowest BCUT2D eigenvalue weighted by atomic mass is 10.2. The molecular weight excluding hydrogens is 302 g/mol. The molecule has 1 atom stereocenters. The Morgan fingerprint density at radius 2 is 1.92 bits per heavy atom. The SMILES string of the molecule is CC[C@@H](O)CN1CCN(C(=O)c2cc(C)n(CC3CC3)c2C)CC1. The van der Waals surface area contributed by atoms with Crippen LogP contribution in [0.1, 0.15) is 47.9 Å². The predicted molar refractivity (Wildman–Crippen MR) is 95.3 cm³/mol. The molecule has 5 nitrogen and oxygen atoms in total. The Morgan fingerprint density at radius 1 is 1.25 bits per heavy atom. The van der Waals surface area contributed by atoms with Gasteiger partial charge < -0.3 is 14.6 Å². The number of rotatable bonds is 6. The van der Waals surface area contributed by atoms with Crippen molar-refractivity contribution in [1.82, 2.24) is 14.4 Å². The summed E-state index contributed by atoms with van der Waals surface area (Å²) in [6.45, 7) is 11.2. The third kappa shape index (κ3) is 3.83. The fourth-order valence-corrected chi connectivity index (χ4v) is 3.59. The van der Waals surface area contributed by atoms with Crippen LogP contribution < -0.4 is 0 Å². The Labute approximate surface area is 145 Å². The molecule has 0 bridgehead atoms. The molecule has 3 rings (SSSR count). The predicted octanol–water partition coefficient (Wildman–Crippen LogP) is 2.04. The highest BCUT2D eigenvalue weighted by Crippen LogP contribution is 2.32. The molecular formula is C19H31N3O2. The van der Waals surface area contributed by atoms with Crippen LogP contribution in [0.15, 0.2) is 6.07 Å². The van der Waals surface area contributed by atoms with Gasteiger partial charge in [0.25, 0.3) is 5.91 Å². The molecule has 0 unspecified atom stereocenters. The molecule has 0 spiro atoms. The third-order valence-electron chi connectivity index (χ3n) is 5.54. The van der Waals surface area contributed by atoms with Crippen molar-refractivity contribution in [3.63, 3.8) is 0 Å². The Kier molecular flexibility index (Phi) is 5.30. The summed E-state index contributed by atoms with van der Waals surface area (Å²) in [4.78, 5) is 17.1. The van der Waals surface area contributed by atoms with Crippen LogP contribution >= 0.6 is 0 Å². The summed E-state index contributed by atoms with van der Waals surface area (Å²) in [5, 5.41) is 9.78. The zero-order valence-electron chi connectivity index (χ0n) is 15.3. The summed E-state index contributed by atoms with van der Waals surface area (Å²) < 4.78 is 2.32. The van der Waals surface area contributed by atoms with Gasteiger partial charge >= 0.3 is 0 Å². The van der Waals surface area contributed by atoms with Crippen molar-refractivity contribution in [3.8, 4) is 0 Å². The van der Waals surface area contributed by atoms with Crippen molar-refractivity contribution < 1.29 is 9.90 Å². The number of hydrogen-bond donors (Lipinski definition) is 1. The largest absolute Gasteiger partial charge is 0.392 e. The minimum atomic E-state index is -0.256. The van der Waals surface area contributed by atoms with Gasteiger partial charge in [0.05, 0.1) is 11.7 Å². The summed E-state index contributed by atoms with van der Waals surface area (Å²) in [5.41, 5.74) is 3.19. The van der Waals surface area contributed by atoms with E-state index in [0.29, 0.717) is 6.54 Å². The van der Waals surface area contributed by atoms with Gasteiger partial charge in [0.15, 0.2) is 0 Å². The number of amides is 1. The van der Waals surface area contributed by atoms with Gasteiger partial charge in [-0.25, -0.2) is 0 Å². The Bertz CT molecular complexity index is 584. The van der Waals surface area contributed by atoms with Gasteiger partial charge in [0, 0.05) is 50.7 Å². The van der Waals surface area contributed by atoms with E-state index in [1.807, 2.05) is 11.8 Å². The highest BCUT2D eigenvalue weighted by Gasteiger charge is 2.28. The summed E-state index contributed by atoms with van der Waals surface area (Å²) in [6.07, 6.45) is 3.18. The molecule has 1 aromatic heterocycles. The minimum Gasteiger partial charge on any atom is -0.392 e. The number of aryl methyl sites for hydroxylation is 1. The van der Waals surface area contributed by atoms with Gasteiger partial charge in [0.2, 0.25) is 0 Å². The quantitative estimate of drug-likeness (QED) is 0.867. The van der Waals surface area contributed by atoms with E-state index in [1.165, 1.54) is 18.5 Å². The molecule has 1 amide bonds. The minimum absolute atomic E-state index is 0.167. The second-order valence-electron chi connectivity index (χ2n) is 7.49. The van der Waals surface area contributed by atoms with Crippen LogP contribution in [0.3, 0.4) is 0 Å². The fraction of sp³-hybridized carbons (Fsp3) is 0.737. The Balaban J connectivity index is 1.61. The molecule has 2 fully saturated rings. The maximum absolute atomic E-state index is 12.9. The van der Waals surface area contributed by atoms with E-state index in [4.69, 9.17) is 0 Å². The first kappa shape index (κ1) is 17.5. The maximum atomic E-state index is 12.9. The van der Waals surface area contributed by atoms with Crippen LogP contribution in [0.4, 0.5) is 0 Å². The topological polar surface area (TPSA) is 48.7 Å². The van der Waals surface area contributed by atoms with Crippen molar-refractivity contribution in [2.45, 2.75) is 52.7 Å². The van der Waals surface area contributed by atoms with E-state index in [1.54, 1.807) is 0 Å². The number of carbonyl (C=O) groups excluding carboxylic acids is 1. The second-order valence-corrected chi connectivity index (χ2v) is 7.49. The molecule has 1 aromatic rings. The smallest absolute Gasteiger partial charge is 0.255 e. The fourth-order valence-electron chi connectivity index (χ4n) is 3.59. The summed E-state index contributed by atoms with van der Waals surface area (Å²) in [6, 6.07) is 2.06. The molecule has 2 aliphatic rings. The highest BCUT2D eigenvalue weighted by atomic mass is 16.3. The average molecular weight is 333 g/mol. The lowest BCUT2D eigenvalue weighted by molar-refractivity contribution is 0.0523. The standard InChI is InChI=1S/C19H31N3O2/c1-4-17(23)13-20-7-9-21(10-8-20)19(24)18-11-14(2)22(15(18)3)12-16-5-6-16/h11,16-17,23H,4-10,12-13H2,1-3H3/t17-/m1/s1. The number of aromatic nitrogens is 1. The van der Waals surface area contributed by atoms with E-state index in [0.717, 1.165) is 56.3 Å². The number of piperazine rings is 1. The molecule has 24 heavy (non-hydrogen) atoms. The Morgan fingerprint density at radius 3 is 2.50 bits per heavy atom. The van der Waals surface area contributed by atoms with Gasteiger partial charge in [-0.15, -0.1) is 0 Å². The van der Waals surface area contributed by atoms with Crippen LogP contribution in [0, 0.1) is 19.8 Å². The van der Waals surface area contributed by atoms with Crippen LogP contribution in [-0.2, 0) is 6.54 Å². The second kappa shape index (κ2) is 7.28. The van der Waals surface area contributed by atoms with Gasteiger partial charge in [-0.3, -0.25) is 9.69 Å². The van der Waals surface area contributed by atoms with Gasteiger partial charge in [0.1, 0.15) is 0 Å². The summed E-state index contributed by atoms with van der Waals surface area (Å²) >= 11 is 0. The molecule has 1 N–H and O–H groups in total. The monoisotopic (exact) mass is 333 g/mol. The molecule has 0 radical (unpaired) electrons. The van der Waals surface area contributed by atoms with E-state index in [-0.39, 0.29) is 12.0 Å². The molecule has 2 heterocycles. The lowest BCUT2D eigenvalue weighted by Gasteiger charge is -2.35. The van der Waals surface area contributed by atoms with E-state index in [9.17, 15) is 9.90 Å². The molecule has 134 valence electrons.